The minimum absolute atomic E-state index is 0.122. The van der Waals surface area contributed by atoms with E-state index in [0.717, 1.165) is 24.3 Å². The topological polar surface area (TPSA) is 58.6 Å². The zero-order valence-corrected chi connectivity index (χ0v) is 15.3. The number of hydrogen-bond acceptors (Lipinski definition) is 4. The molecule has 1 amide bonds. The lowest BCUT2D eigenvalue weighted by Crippen LogP contribution is -2.23. The Morgan fingerprint density at radius 1 is 1.00 bits per heavy atom. The molecule has 0 saturated carbocycles. The first-order valence-electron chi connectivity index (χ1n) is 9.65. The number of ether oxygens (including phenoxy) is 1. The third-order valence-corrected chi connectivity index (χ3v) is 5.27. The lowest BCUT2D eigenvalue weighted by molar-refractivity contribution is -0.118. The minimum Gasteiger partial charge on any atom is -0.453 e. The maximum atomic E-state index is 12.4. The Kier molecular flexibility index (Phi) is 5.10. The quantitative estimate of drug-likeness (QED) is 0.822. The molecule has 1 saturated heterocycles. The number of esters is 1. The fourth-order valence-electron chi connectivity index (χ4n) is 3.84. The lowest BCUT2D eigenvalue weighted by Gasteiger charge is -2.22. The summed E-state index contributed by atoms with van der Waals surface area (Å²) >= 11 is 0. The summed E-state index contributed by atoms with van der Waals surface area (Å²) in [6, 6.07) is 15.2. The SMILES string of the molecule is O=C(C[C@@H]1OC(=O)c2ccccc21)Nc1ccc(N2CCCCCC2)cc1. The average molecular weight is 364 g/mol. The van der Waals surface area contributed by atoms with Gasteiger partial charge in [0, 0.05) is 30.0 Å². The fraction of sp³-hybridized carbons (Fsp3) is 0.364. The molecule has 0 aliphatic carbocycles. The molecule has 5 nitrogen and oxygen atoms in total. The molecule has 4 rings (SSSR count). The number of rotatable bonds is 4. The molecule has 2 aliphatic heterocycles. The summed E-state index contributed by atoms with van der Waals surface area (Å²) in [6.45, 7) is 2.19. The van der Waals surface area contributed by atoms with Gasteiger partial charge in [0.25, 0.3) is 0 Å². The highest BCUT2D eigenvalue weighted by atomic mass is 16.5. The van der Waals surface area contributed by atoms with Gasteiger partial charge in [0.1, 0.15) is 6.10 Å². The number of carbonyl (C=O) groups excluding carboxylic acids is 2. The van der Waals surface area contributed by atoms with Gasteiger partial charge in [-0.3, -0.25) is 4.79 Å². The smallest absolute Gasteiger partial charge is 0.339 e. The van der Waals surface area contributed by atoms with Crippen molar-refractivity contribution in [3.63, 3.8) is 0 Å². The summed E-state index contributed by atoms with van der Waals surface area (Å²) < 4.78 is 5.34. The molecule has 2 aromatic rings. The minimum atomic E-state index is -0.509. The summed E-state index contributed by atoms with van der Waals surface area (Å²) in [6.07, 6.45) is 4.69. The maximum absolute atomic E-state index is 12.4. The normalized spacial score (nSPS) is 19.2. The van der Waals surface area contributed by atoms with Crippen molar-refractivity contribution in [1.29, 1.82) is 0 Å². The molecule has 0 bridgehead atoms. The van der Waals surface area contributed by atoms with E-state index in [1.807, 2.05) is 24.3 Å². The highest BCUT2D eigenvalue weighted by molar-refractivity contribution is 5.96. The van der Waals surface area contributed by atoms with E-state index in [1.54, 1.807) is 12.1 Å². The molecule has 2 aromatic carbocycles. The van der Waals surface area contributed by atoms with Gasteiger partial charge in [0.15, 0.2) is 0 Å². The third kappa shape index (κ3) is 3.97. The van der Waals surface area contributed by atoms with E-state index in [4.69, 9.17) is 4.74 Å². The van der Waals surface area contributed by atoms with Crippen LogP contribution in [0, 0.1) is 0 Å². The summed E-state index contributed by atoms with van der Waals surface area (Å²) in [5.41, 5.74) is 3.30. The highest BCUT2D eigenvalue weighted by Gasteiger charge is 2.32. The van der Waals surface area contributed by atoms with Crippen molar-refractivity contribution < 1.29 is 14.3 Å². The molecular weight excluding hydrogens is 340 g/mol. The number of nitrogens with zero attached hydrogens (tertiary/aromatic N) is 1. The van der Waals surface area contributed by atoms with E-state index < -0.39 is 6.10 Å². The van der Waals surface area contributed by atoms with Gasteiger partial charge in [-0.1, -0.05) is 31.0 Å². The monoisotopic (exact) mass is 364 g/mol. The summed E-state index contributed by atoms with van der Waals surface area (Å²) in [5.74, 6) is -0.516. The van der Waals surface area contributed by atoms with E-state index >= 15 is 0 Å². The Balaban J connectivity index is 1.37. The van der Waals surface area contributed by atoms with E-state index in [-0.39, 0.29) is 18.3 Å². The van der Waals surface area contributed by atoms with Gasteiger partial charge in [0.2, 0.25) is 5.91 Å². The number of hydrogen-bond donors (Lipinski definition) is 1. The second-order valence-electron chi connectivity index (χ2n) is 7.18. The molecule has 1 atom stereocenters. The van der Waals surface area contributed by atoms with E-state index in [2.05, 4.69) is 22.3 Å². The van der Waals surface area contributed by atoms with Crippen molar-refractivity contribution in [3.05, 3.63) is 59.7 Å². The van der Waals surface area contributed by atoms with Crippen LogP contribution in [-0.4, -0.2) is 25.0 Å². The Morgan fingerprint density at radius 3 is 2.44 bits per heavy atom. The molecule has 1 fully saturated rings. The van der Waals surface area contributed by atoms with Gasteiger partial charge >= 0.3 is 5.97 Å². The van der Waals surface area contributed by atoms with Crippen LogP contribution < -0.4 is 10.2 Å². The Morgan fingerprint density at radius 2 is 1.70 bits per heavy atom. The third-order valence-electron chi connectivity index (χ3n) is 5.27. The van der Waals surface area contributed by atoms with Crippen LogP contribution in [0.5, 0.6) is 0 Å². The van der Waals surface area contributed by atoms with Gasteiger partial charge in [-0.2, -0.15) is 0 Å². The van der Waals surface area contributed by atoms with Gasteiger partial charge in [-0.15, -0.1) is 0 Å². The number of carbonyl (C=O) groups is 2. The molecule has 1 N–H and O–H groups in total. The van der Waals surface area contributed by atoms with Crippen molar-refractivity contribution in [2.45, 2.75) is 38.2 Å². The van der Waals surface area contributed by atoms with E-state index in [9.17, 15) is 9.59 Å². The first kappa shape index (κ1) is 17.6. The second kappa shape index (κ2) is 7.82. The zero-order chi connectivity index (χ0) is 18.6. The molecule has 0 radical (unpaired) electrons. The van der Waals surface area contributed by atoms with Crippen molar-refractivity contribution in [2.24, 2.45) is 0 Å². The number of anilines is 2. The number of amides is 1. The van der Waals surface area contributed by atoms with Crippen molar-refractivity contribution in [1.82, 2.24) is 0 Å². The summed E-state index contributed by atoms with van der Waals surface area (Å²) in [4.78, 5) is 26.7. The number of fused-ring (bicyclic) bond motifs is 1. The van der Waals surface area contributed by atoms with Crippen LogP contribution in [0.1, 0.15) is 54.1 Å². The second-order valence-corrected chi connectivity index (χ2v) is 7.18. The molecule has 0 unspecified atom stereocenters. The lowest BCUT2D eigenvalue weighted by atomic mass is 10.0. The van der Waals surface area contributed by atoms with Crippen molar-refractivity contribution in [3.8, 4) is 0 Å². The Hall–Kier alpha value is -2.82. The van der Waals surface area contributed by atoms with Crippen LogP contribution in [-0.2, 0) is 9.53 Å². The summed E-state index contributed by atoms with van der Waals surface area (Å²) in [5, 5.41) is 2.91. The number of benzene rings is 2. The first-order valence-corrected chi connectivity index (χ1v) is 9.65. The number of cyclic esters (lactones) is 1. The molecule has 2 aliphatic rings. The number of nitrogens with one attached hydrogen (secondary N) is 1. The molecule has 0 spiro atoms. The van der Waals surface area contributed by atoms with E-state index in [0.29, 0.717) is 5.56 Å². The van der Waals surface area contributed by atoms with Gasteiger partial charge < -0.3 is 15.0 Å². The first-order chi connectivity index (χ1) is 13.2. The van der Waals surface area contributed by atoms with Crippen LogP contribution in [0.2, 0.25) is 0 Å². The predicted molar refractivity (Wildman–Crippen MR) is 105 cm³/mol. The molecular formula is C22H24N2O3. The largest absolute Gasteiger partial charge is 0.453 e. The standard InChI is InChI=1S/C22H24N2O3/c25-21(15-20-18-7-3-4-8-19(18)22(26)27-20)23-16-9-11-17(12-10-16)24-13-5-1-2-6-14-24/h3-4,7-12,20H,1-2,5-6,13-15H2,(H,23,25)/t20-/m0/s1. The van der Waals surface area contributed by atoms with Crippen molar-refractivity contribution >= 4 is 23.3 Å². The zero-order valence-electron chi connectivity index (χ0n) is 15.3. The van der Waals surface area contributed by atoms with Crippen molar-refractivity contribution in [2.75, 3.05) is 23.3 Å². The Labute approximate surface area is 159 Å². The van der Waals surface area contributed by atoms with Crippen LogP contribution in [0.3, 0.4) is 0 Å². The summed E-state index contributed by atoms with van der Waals surface area (Å²) in [7, 11) is 0. The predicted octanol–water partition coefficient (Wildman–Crippen LogP) is 4.31. The maximum Gasteiger partial charge on any atom is 0.339 e. The molecule has 2 heterocycles. The van der Waals surface area contributed by atoms with Crippen LogP contribution in [0.4, 0.5) is 11.4 Å². The van der Waals surface area contributed by atoms with E-state index in [1.165, 1.54) is 31.4 Å². The fourth-order valence-corrected chi connectivity index (χ4v) is 3.84. The molecule has 27 heavy (non-hydrogen) atoms. The highest BCUT2D eigenvalue weighted by Crippen LogP contribution is 2.33. The van der Waals surface area contributed by atoms with Gasteiger partial charge in [0.05, 0.1) is 12.0 Å². The van der Waals surface area contributed by atoms with Gasteiger partial charge in [-0.25, -0.2) is 4.79 Å². The van der Waals surface area contributed by atoms with Crippen LogP contribution in [0.15, 0.2) is 48.5 Å². The Bertz CT molecular complexity index is 824. The average Bonchev–Trinajstić information content (AvgIpc) is 2.86. The molecule has 0 aromatic heterocycles. The van der Waals surface area contributed by atoms with Gasteiger partial charge in [-0.05, 0) is 43.2 Å². The molecule has 5 heteroatoms. The molecule has 140 valence electrons. The van der Waals surface area contributed by atoms with Crippen LogP contribution in [0.25, 0.3) is 0 Å². The van der Waals surface area contributed by atoms with Crippen LogP contribution >= 0.6 is 0 Å².